The van der Waals surface area contributed by atoms with Crippen molar-refractivity contribution in [1.29, 1.82) is 0 Å². The minimum atomic E-state index is -3.69. The molecule has 1 N–H and O–H groups in total. The number of benzene rings is 2. The molecule has 0 aromatic heterocycles. The van der Waals surface area contributed by atoms with E-state index in [1.54, 1.807) is 17.1 Å². The van der Waals surface area contributed by atoms with Crippen molar-refractivity contribution < 1.29 is 13.2 Å². The lowest BCUT2D eigenvalue weighted by Crippen LogP contribution is -2.47. The van der Waals surface area contributed by atoms with Crippen molar-refractivity contribution >= 4 is 27.7 Å². The van der Waals surface area contributed by atoms with Gasteiger partial charge in [-0.25, -0.2) is 8.42 Å². The minimum Gasteiger partial charge on any atom is -0.286 e. The summed E-state index contributed by atoms with van der Waals surface area (Å²) in [7, 11) is -2.31. The van der Waals surface area contributed by atoms with Gasteiger partial charge >= 0.3 is 0 Å². The van der Waals surface area contributed by atoms with Gasteiger partial charge in [-0.2, -0.15) is 4.31 Å². The molecular weight excluding hydrogens is 362 g/mol. The number of hydrogen-bond donors (Lipinski definition) is 1. The van der Waals surface area contributed by atoms with Crippen molar-refractivity contribution in [1.82, 2.24) is 9.73 Å². The number of nitrogens with one attached hydrogen (secondary N) is 1. The summed E-state index contributed by atoms with van der Waals surface area (Å²) < 4.78 is 25.7. The Balaban J connectivity index is 1.98. The smallest absolute Gasteiger partial charge is 0.253 e. The summed E-state index contributed by atoms with van der Waals surface area (Å²) in [5.41, 5.74) is 5.48. The first-order chi connectivity index (χ1) is 12.8. The number of amides is 1. The predicted octanol–water partition coefficient (Wildman–Crippen LogP) is 2.79. The highest BCUT2D eigenvalue weighted by Gasteiger charge is 2.19. The van der Waals surface area contributed by atoms with Gasteiger partial charge in [0.05, 0.1) is 12.2 Å². The average Bonchev–Trinajstić information content (AvgIpc) is 2.66. The standard InChI is InChI=1S/C20H25N3O3S/c1-4-23(19-12-10-17(2)11-13-19)21-20(24)16-22(3)27(25,26)15-14-18-8-6-5-7-9-18/h5-15H,4,16H2,1-3H3,(H,21,24)/b15-14+. The van der Waals surface area contributed by atoms with Crippen LogP contribution in [0.2, 0.25) is 0 Å². The summed E-state index contributed by atoms with van der Waals surface area (Å²) in [5.74, 6) is -0.406. The van der Waals surface area contributed by atoms with Crippen LogP contribution < -0.4 is 10.4 Å². The first kappa shape index (κ1) is 20.7. The number of rotatable bonds is 8. The summed E-state index contributed by atoms with van der Waals surface area (Å²) >= 11 is 0. The molecule has 0 radical (unpaired) electrons. The third-order valence-corrected chi connectivity index (χ3v) is 5.43. The Morgan fingerprint density at radius 3 is 2.30 bits per heavy atom. The molecule has 0 fully saturated rings. The maximum absolute atomic E-state index is 12.3. The monoisotopic (exact) mass is 387 g/mol. The maximum Gasteiger partial charge on any atom is 0.253 e. The molecule has 0 bridgehead atoms. The first-order valence-electron chi connectivity index (χ1n) is 8.65. The Morgan fingerprint density at radius 1 is 1.07 bits per heavy atom. The average molecular weight is 388 g/mol. The molecule has 6 nitrogen and oxygen atoms in total. The van der Waals surface area contributed by atoms with Crippen molar-refractivity contribution in [3.8, 4) is 0 Å². The maximum atomic E-state index is 12.3. The number of hydrogen-bond acceptors (Lipinski definition) is 4. The minimum absolute atomic E-state index is 0.274. The van der Waals surface area contributed by atoms with E-state index < -0.39 is 15.9 Å². The Hall–Kier alpha value is -2.64. The lowest BCUT2D eigenvalue weighted by atomic mass is 10.2. The molecule has 7 heteroatoms. The predicted molar refractivity (Wildman–Crippen MR) is 109 cm³/mol. The van der Waals surface area contributed by atoms with E-state index in [9.17, 15) is 13.2 Å². The van der Waals surface area contributed by atoms with Crippen LogP contribution in [0.3, 0.4) is 0 Å². The topological polar surface area (TPSA) is 69.7 Å². The van der Waals surface area contributed by atoms with Crippen LogP contribution in [0.1, 0.15) is 18.1 Å². The fraction of sp³-hybridized carbons (Fsp3) is 0.250. The molecule has 2 rings (SSSR count). The molecule has 0 aliphatic carbocycles. The van der Waals surface area contributed by atoms with Crippen LogP contribution in [0.5, 0.6) is 0 Å². The number of hydrazine groups is 1. The van der Waals surface area contributed by atoms with E-state index in [2.05, 4.69) is 5.43 Å². The second-order valence-electron chi connectivity index (χ2n) is 6.13. The fourth-order valence-electron chi connectivity index (χ4n) is 2.36. The molecule has 0 unspecified atom stereocenters. The largest absolute Gasteiger partial charge is 0.286 e. The Labute approximate surface area is 161 Å². The lowest BCUT2D eigenvalue weighted by molar-refractivity contribution is -0.121. The van der Waals surface area contributed by atoms with E-state index in [-0.39, 0.29) is 6.54 Å². The molecule has 1 amide bonds. The molecular formula is C20H25N3O3S. The number of carbonyl (C=O) groups is 1. The van der Waals surface area contributed by atoms with Gasteiger partial charge in [-0.1, -0.05) is 48.0 Å². The number of nitrogens with zero attached hydrogens (tertiary/aromatic N) is 2. The van der Waals surface area contributed by atoms with E-state index >= 15 is 0 Å². The van der Waals surface area contributed by atoms with Gasteiger partial charge in [-0.15, -0.1) is 0 Å². The van der Waals surface area contributed by atoms with Crippen molar-refractivity contribution in [2.24, 2.45) is 0 Å². The molecule has 27 heavy (non-hydrogen) atoms. The summed E-state index contributed by atoms with van der Waals surface area (Å²) in [6.45, 7) is 4.17. The number of carbonyl (C=O) groups excluding carboxylic acids is 1. The van der Waals surface area contributed by atoms with Crippen LogP contribution in [0.25, 0.3) is 6.08 Å². The van der Waals surface area contributed by atoms with Crippen LogP contribution in [-0.2, 0) is 14.8 Å². The highest BCUT2D eigenvalue weighted by molar-refractivity contribution is 7.92. The van der Waals surface area contributed by atoms with Gasteiger partial charge in [0, 0.05) is 19.0 Å². The number of anilines is 1. The van der Waals surface area contributed by atoms with Gasteiger partial charge < -0.3 is 0 Å². The first-order valence-corrected chi connectivity index (χ1v) is 10.2. The highest BCUT2D eigenvalue weighted by Crippen LogP contribution is 2.13. The molecule has 0 saturated carbocycles. The van der Waals surface area contributed by atoms with Gasteiger partial charge in [0.1, 0.15) is 0 Å². The van der Waals surface area contributed by atoms with E-state index in [1.807, 2.05) is 56.3 Å². The van der Waals surface area contributed by atoms with Crippen LogP contribution in [0, 0.1) is 6.92 Å². The molecule has 0 aliphatic rings. The molecule has 0 aliphatic heterocycles. The van der Waals surface area contributed by atoms with Gasteiger partial charge in [0.2, 0.25) is 10.0 Å². The zero-order valence-electron chi connectivity index (χ0n) is 15.8. The van der Waals surface area contributed by atoms with E-state index in [0.717, 1.165) is 26.5 Å². The Morgan fingerprint density at radius 2 is 1.70 bits per heavy atom. The zero-order chi connectivity index (χ0) is 19.9. The summed E-state index contributed by atoms with van der Waals surface area (Å²) in [5, 5.41) is 2.79. The SMILES string of the molecule is CCN(NC(=O)CN(C)S(=O)(=O)/C=C/c1ccccc1)c1ccc(C)cc1. The van der Waals surface area contributed by atoms with Crippen LogP contribution in [0.4, 0.5) is 5.69 Å². The number of aryl methyl sites for hydroxylation is 1. The zero-order valence-corrected chi connectivity index (χ0v) is 16.6. The fourth-order valence-corrected chi connectivity index (χ4v) is 3.20. The van der Waals surface area contributed by atoms with Gasteiger partial charge in [0.15, 0.2) is 0 Å². The van der Waals surface area contributed by atoms with Crippen LogP contribution in [0.15, 0.2) is 60.0 Å². The lowest BCUT2D eigenvalue weighted by Gasteiger charge is -2.25. The second kappa shape index (κ2) is 9.34. The van der Waals surface area contributed by atoms with E-state index in [0.29, 0.717) is 6.54 Å². The normalized spacial score (nSPS) is 11.7. The summed E-state index contributed by atoms with van der Waals surface area (Å²) in [4.78, 5) is 12.3. The van der Waals surface area contributed by atoms with Crippen LogP contribution in [-0.4, -0.2) is 38.8 Å². The molecule has 144 valence electrons. The van der Waals surface area contributed by atoms with Crippen molar-refractivity contribution in [2.75, 3.05) is 25.1 Å². The van der Waals surface area contributed by atoms with Crippen molar-refractivity contribution in [3.05, 3.63) is 71.1 Å². The molecule has 2 aromatic rings. The molecule has 0 saturated heterocycles. The van der Waals surface area contributed by atoms with Crippen molar-refractivity contribution in [2.45, 2.75) is 13.8 Å². The van der Waals surface area contributed by atoms with Gasteiger partial charge in [-0.3, -0.25) is 15.2 Å². The third-order valence-electron chi connectivity index (χ3n) is 3.95. The number of sulfonamides is 1. The highest BCUT2D eigenvalue weighted by atomic mass is 32.2. The summed E-state index contributed by atoms with van der Waals surface area (Å²) in [6.07, 6.45) is 1.51. The quantitative estimate of drug-likeness (QED) is 0.707. The Bertz CT molecular complexity index is 878. The van der Waals surface area contributed by atoms with Gasteiger partial charge in [-0.05, 0) is 37.6 Å². The molecule has 0 atom stereocenters. The summed E-state index contributed by atoms with van der Waals surface area (Å²) in [6, 6.07) is 16.8. The Kier molecular flexibility index (Phi) is 7.15. The third kappa shape index (κ3) is 6.23. The van der Waals surface area contributed by atoms with Crippen molar-refractivity contribution in [3.63, 3.8) is 0 Å². The van der Waals surface area contributed by atoms with E-state index in [4.69, 9.17) is 0 Å². The molecule has 0 spiro atoms. The number of likely N-dealkylation sites (N-methyl/N-ethyl adjacent to an activating group) is 1. The second-order valence-corrected chi connectivity index (χ2v) is 8.05. The molecule has 2 aromatic carbocycles. The van der Waals surface area contributed by atoms with Gasteiger partial charge in [0.25, 0.3) is 5.91 Å². The molecule has 0 heterocycles. The van der Waals surface area contributed by atoms with E-state index in [1.165, 1.54) is 13.1 Å². The van der Waals surface area contributed by atoms with Crippen LogP contribution >= 0.6 is 0 Å².